The van der Waals surface area contributed by atoms with E-state index in [0.29, 0.717) is 0 Å². The predicted octanol–water partition coefficient (Wildman–Crippen LogP) is 2.01. The van der Waals surface area contributed by atoms with Crippen LogP contribution in [0.1, 0.15) is 18.9 Å². The Morgan fingerprint density at radius 2 is 2.27 bits per heavy atom. The Labute approximate surface area is 88.5 Å². The van der Waals surface area contributed by atoms with Crippen LogP contribution >= 0.6 is 0 Å². The van der Waals surface area contributed by atoms with E-state index < -0.39 is 6.09 Å². The second kappa shape index (κ2) is 3.81. The third kappa shape index (κ3) is 1.88. The van der Waals surface area contributed by atoms with E-state index in [1.165, 1.54) is 5.56 Å². The van der Waals surface area contributed by atoms with Crippen LogP contribution in [0.3, 0.4) is 0 Å². The Morgan fingerprint density at radius 1 is 1.53 bits per heavy atom. The lowest BCUT2D eigenvalue weighted by molar-refractivity contribution is 0.191. The largest absolute Gasteiger partial charge is 0.464 e. The molecule has 1 atom stereocenters. The van der Waals surface area contributed by atoms with Crippen molar-refractivity contribution in [1.29, 1.82) is 0 Å². The van der Waals surface area contributed by atoms with Crippen molar-refractivity contribution in [2.45, 2.75) is 25.8 Å². The molecule has 2 rings (SSSR count). The van der Waals surface area contributed by atoms with Gasteiger partial charge in [-0.2, -0.15) is 0 Å². The minimum atomic E-state index is -1.02. The lowest BCUT2D eigenvalue weighted by atomic mass is 9.98. The molecule has 0 aliphatic carbocycles. The number of amides is 1. The van der Waals surface area contributed by atoms with Gasteiger partial charge in [0.15, 0.2) is 0 Å². The molecule has 4 nitrogen and oxygen atoms in total. The number of benzene rings is 1. The lowest BCUT2D eigenvalue weighted by Crippen LogP contribution is -2.49. The normalized spacial score (nSPS) is 19.5. The molecular weight excluding hydrogens is 192 g/mol. The number of nitrogens with one attached hydrogen (secondary N) is 1. The van der Waals surface area contributed by atoms with Gasteiger partial charge in [0, 0.05) is 6.04 Å². The maximum absolute atomic E-state index is 10.7. The second-order valence-corrected chi connectivity index (χ2v) is 3.80. The number of hydrogen-bond acceptors (Lipinski definition) is 2. The monoisotopic (exact) mass is 206 g/mol. The fraction of sp³-hybridized carbons (Fsp3) is 0.364. The van der Waals surface area contributed by atoms with Gasteiger partial charge >= 0.3 is 6.09 Å². The lowest BCUT2D eigenvalue weighted by Gasteiger charge is -2.35. The SMILES string of the molecule is CC1CCc2ccccc2N1NC(=O)O. The molecule has 0 saturated heterocycles. The molecular formula is C11H14N2O2. The van der Waals surface area contributed by atoms with Gasteiger partial charge in [0.2, 0.25) is 0 Å². The number of fused-ring (bicyclic) bond motifs is 1. The number of aryl methyl sites for hydroxylation is 1. The Bertz CT molecular complexity index is 379. The summed E-state index contributed by atoms with van der Waals surface area (Å²) in [6.07, 6.45) is 0.963. The highest BCUT2D eigenvalue weighted by Gasteiger charge is 2.23. The van der Waals surface area contributed by atoms with E-state index in [1.54, 1.807) is 5.01 Å². The van der Waals surface area contributed by atoms with Crippen molar-refractivity contribution < 1.29 is 9.90 Å². The van der Waals surface area contributed by atoms with Gasteiger partial charge in [-0.1, -0.05) is 18.2 Å². The van der Waals surface area contributed by atoms with Gasteiger partial charge in [-0.3, -0.25) is 5.01 Å². The van der Waals surface area contributed by atoms with E-state index in [1.807, 2.05) is 31.2 Å². The molecule has 0 aromatic heterocycles. The molecule has 0 fully saturated rings. The van der Waals surface area contributed by atoms with Crippen molar-refractivity contribution in [3.8, 4) is 0 Å². The summed E-state index contributed by atoms with van der Waals surface area (Å²) in [4.78, 5) is 10.7. The first-order valence-electron chi connectivity index (χ1n) is 5.05. The summed E-state index contributed by atoms with van der Waals surface area (Å²) in [6.45, 7) is 2.02. The molecule has 1 aliphatic rings. The fourth-order valence-electron chi connectivity index (χ4n) is 1.96. The number of nitrogens with zero attached hydrogens (tertiary/aromatic N) is 1. The van der Waals surface area contributed by atoms with Crippen molar-refractivity contribution in [3.05, 3.63) is 29.8 Å². The molecule has 0 radical (unpaired) electrons. The van der Waals surface area contributed by atoms with Crippen molar-refractivity contribution in [3.63, 3.8) is 0 Å². The quantitative estimate of drug-likeness (QED) is 0.739. The van der Waals surface area contributed by atoms with E-state index in [4.69, 9.17) is 5.11 Å². The van der Waals surface area contributed by atoms with Gasteiger partial charge in [0.1, 0.15) is 0 Å². The molecule has 2 N–H and O–H groups in total. The molecule has 1 amide bonds. The maximum atomic E-state index is 10.7. The third-order valence-corrected chi connectivity index (χ3v) is 2.74. The molecule has 1 aromatic rings. The molecule has 0 saturated carbocycles. The summed E-state index contributed by atoms with van der Waals surface area (Å²) >= 11 is 0. The van der Waals surface area contributed by atoms with Gasteiger partial charge < -0.3 is 5.11 Å². The van der Waals surface area contributed by atoms with Crippen LogP contribution in [0.4, 0.5) is 10.5 Å². The number of anilines is 1. The van der Waals surface area contributed by atoms with Crippen LogP contribution in [0.25, 0.3) is 0 Å². The van der Waals surface area contributed by atoms with E-state index in [9.17, 15) is 4.79 Å². The van der Waals surface area contributed by atoms with Gasteiger partial charge in [-0.25, -0.2) is 10.2 Å². The van der Waals surface area contributed by atoms with E-state index >= 15 is 0 Å². The Morgan fingerprint density at radius 3 is 3.00 bits per heavy atom. The summed E-state index contributed by atoms with van der Waals surface area (Å²) in [7, 11) is 0. The molecule has 1 aliphatic heterocycles. The summed E-state index contributed by atoms with van der Waals surface area (Å²) in [6, 6.07) is 8.09. The van der Waals surface area contributed by atoms with Crippen molar-refractivity contribution in [2.75, 3.05) is 5.01 Å². The zero-order valence-corrected chi connectivity index (χ0v) is 8.60. The van der Waals surface area contributed by atoms with Crippen molar-refractivity contribution in [1.82, 2.24) is 5.43 Å². The third-order valence-electron chi connectivity index (χ3n) is 2.74. The van der Waals surface area contributed by atoms with Crippen LogP contribution in [0.2, 0.25) is 0 Å². The molecule has 1 unspecified atom stereocenters. The minimum Gasteiger partial charge on any atom is -0.464 e. The van der Waals surface area contributed by atoms with Gasteiger partial charge in [0.25, 0.3) is 0 Å². The van der Waals surface area contributed by atoms with Crippen molar-refractivity contribution >= 4 is 11.8 Å². The van der Waals surface area contributed by atoms with Crippen LogP contribution in [-0.4, -0.2) is 17.2 Å². The summed E-state index contributed by atoms with van der Waals surface area (Å²) in [5.41, 5.74) is 4.61. The minimum absolute atomic E-state index is 0.205. The van der Waals surface area contributed by atoms with Crippen LogP contribution in [0, 0.1) is 0 Å². The number of para-hydroxylation sites is 1. The smallest absolute Gasteiger partial charge is 0.423 e. The molecule has 0 bridgehead atoms. The van der Waals surface area contributed by atoms with Gasteiger partial charge in [0.05, 0.1) is 5.69 Å². The Kier molecular flexibility index (Phi) is 2.49. The number of hydrogen-bond donors (Lipinski definition) is 2. The number of carboxylic acid groups (broad SMARTS) is 1. The highest BCUT2D eigenvalue weighted by molar-refractivity contribution is 5.69. The predicted molar refractivity (Wildman–Crippen MR) is 57.9 cm³/mol. The zero-order valence-electron chi connectivity index (χ0n) is 8.60. The molecule has 15 heavy (non-hydrogen) atoms. The maximum Gasteiger partial charge on any atom is 0.423 e. The van der Waals surface area contributed by atoms with Gasteiger partial charge in [-0.05, 0) is 31.4 Å². The van der Waals surface area contributed by atoms with E-state index in [2.05, 4.69) is 5.43 Å². The number of hydrazine groups is 1. The van der Waals surface area contributed by atoms with Crippen LogP contribution in [0.5, 0.6) is 0 Å². The highest BCUT2D eigenvalue weighted by atomic mass is 16.4. The van der Waals surface area contributed by atoms with Crippen molar-refractivity contribution in [2.24, 2.45) is 0 Å². The average Bonchev–Trinajstić information content (AvgIpc) is 2.22. The first-order valence-corrected chi connectivity index (χ1v) is 5.05. The van der Waals surface area contributed by atoms with E-state index in [0.717, 1.165) is 18.5 Å². The molecule has 80 valence electrons. The van der Waals surface area contributed by atoms with Crippen LogP contribution in [0.15, 0.2) is 24.3 Å². The van der Waals surface area contributed by atoms with Crippen LogP contribution in [-0.2, 0) is 6.42 Å². The highest BCUT2D eigenvalue weighted by Crippen LogP contribution is 2.28. The second-order valence-electron chi connectivity index (χ2n) is 3.80. The molecule has 1 aromatic carbocycles. The summed E-state index contributed by atoms with van der Waals surface area (Å²) in [5.74, 6) is 0. The standard InChI is InChI=1S/C11H14N2O2/c1-8-6-7-9-4-2-3-5-10(9)13(8)12-11(14)15/h2-5,8,12H,6-7H2,1H3,(H,14,15). The molecule has 4 heteroatoms. The fourth-order valence-corrected chi connectivity index (χ4v) is 1.96. The molecule has 1 heterocycles. The first kappa shape index (κ1) is 9.83. The number of carbonyl (C=O) groups is 1. The van der Waals surface area contributed by atoms with Gasteiger partial charge in [-0.15, -0.1) is 0 Å². The van der Waals surface area contributed by atoms with E-state index in [-0.39, 0.29) is 6.04 Å². The Balaban J connectivity index is 2.32. The average molecular weight is 206 g/mol. The summed E-state index contributed by atoms with van der Waals surface area (Å²) in [5, 5.41) is 10.5. The molecule has 0 spiro atoms. The Hall–Kier alpha value is -1.71. The van der Waals surface area contributed by atoms with Crippen LogP contribution < -0.4 is 10.4 Å². The first-order chi connectivity index (χ1) is 7.18. The topological polar surface area (TPSA) is 52.6 Å². The number of rotatable bonds is 1. The summed E-state index contributed by atoms with van der Waals surface area (Å²) < 4.78 is 0. The zero-order chi connectivity index (χ0) is 10.8.